The Balaban J connectivity index is 2.14. The molecule has 0 atom stereocenters. The molecule has 0 fully saturated rings. The van der Waals surface area contributed by atoms with Crippen molar-refractivity contribution in [2.24, 2.45) is 0 Å². The van der Waals surface area contributed by atoms with Crippen LogP contribution in [0.4, 0.5) is 11.4 Å². The van der Waals surface area contributed by atoms with Gasteiger partial charge in [-0.1, -0.05) is 28.9 Å². The van der Waals surface area contributed by atoms with Gasteiger partial charge >= 0.3 is 0 Å². The molecule has 98 valence electrons. The Bertz CT molecular complexity index is 594. The predicted molar refractivity (Wildman–Crippen MR) is 82.3 cm³/mol. The Morgan fingerprint density at radius 1 is 1.21 bits per heavy atom. The first-order valence-corrected chi connectivity index (χ1v) is 6.84. The molecule has 0 saturated carbocycles. The number of nitrogens with two attached hydrogens (primary N) is 1. The first-order valence-electron chi connectivity index (χ1n) is 6.05. The van der Waals surface area contributed by atoms with Crippen LogP contribution < -0.4 is 11.1 Å². The molecular weight excluding hydrogens is 304 g/mol. The maximum absolute atomic E-state index is 12.0. The van der Waals surface area contributed by atoms with Gasteiger partial charge in [0.15, 0.2) is 0 Å². The van der Waals surface area contributed by atoms with E-state index in [1.807, 2.05) is 31.2 Å². The van der Waals surface area contributed by atoms with Crippen LogP contribution in [0.1, 0.15) is 22.8 Å². The van der Waals surface area contributed by atoms with Crippen molar-refractivity contribution in [2.75, 3.05) is 11.1 Å². The molecule has 3 nitrogen and oxygen atoms in total. The quantitative estimate of drug-likeness (QED) is 0.845. The highest BCUT2D eigenvalue weighted by atomic mass is 79.9. The number of rotatable bonds is 3. The Morgan fingerprint density at radius 3 is 2.47 bits per heavy atom. The van der Waals surface area contributed by atoms with Crippen molar-refractivity contribution in [2.45, 2.75) is 13.3 Å². The van der Waals surface area contributed by atoms with E-state index in [0.717, 1.165) is 16.5 Å². The van der Waals surface area contributed by atoms with Crippen molar-refractivity contribution in [3.8, 4) is 0 Å². The summed E-state index contributed by atoms with van der Waals surface area (Å²) in [4.78, 5) is 12.0. The van der Waals surface area contributed by atoms with E-state index in [9.17, 15) is 4.79 Å². The van der Waals surface area contributed by atoms with E-state index >= 15 is 0 Å². The topological polar surface area (TPSA) is 55.1 Å². The number of nitrogen functional groups attached to an aromatic ring is 1. The molecule has 0 saturated heterocycles. The van der Waals surface area contributed by atoms with Crippen molar-refractivity contribution in [3.05, 3.63) is 58.1 Å². The van der Waals surface area contributed by atoms with E-state index in [0.29, 0.717) is 16.9 Å². The smallest absolute Gasteiger partial charge is 0.255 e. The van der Waals surface area contributed by atoms with E-state index < -0.39 is 0 Å². The van der Waals surface area contributed by atoms with Crippen LogP contribution in [-0.2, 0) is 6.42 Å². The van der Waals surface area contributed by atoms with Gasteiger partial charge < -0.3 is 11.1 Å². The van der Waals surface area contributed by atoms with Crippen LogP contribution in [0.25, 0.3) is 0 Å². The second-order valence-electron chi connectivity index (χ2n) is 4.23. The van der Waals surface area contributed by atoms with Gasteiger partial charge in [-0.15, -0.1) is 0 Å². The van der Waals surface area contributed by atoms with Gasteiger partial charge in [0.2, 0.25) is 0 Å². The second-order valence-corrected chi connectivity index (χ2v) is 5.14. The molecule has 1 amide bonds. The lowest BCUT2D eigenvalue weighted by Gasteiger charge is -2.08. The maximum Gasteiger partial charge on any atom is 0.255 e. The fourth-order valence-electron chi connectivity index (χ4n) is 1.80. The highest BCUT2D eigenvalue weighted by molar-refractivity contribution is 9.10. The van der Waals surface area contributed by atoms with Gasteiger partial charge in [-0.25, -0.2) is 0 Å². The molecule has 2 rings (SSSR count). The summed E-state index contributed by atoms with van der Waals surface area (Å²) in [5, 5.41) is 2.84. The second kappa shape index (κ2) is 5.89. The fraction of sp³-hybridized carbons (Fsp3) is 0.133. The SMILES string of the molecule is CCc1ccc(NC(=O)c2ccc(Br)cc2)cc1N. The van der Waals surface area contributed by atoms with E-state index in [1.165, 1.54) is 0 Å². The van der Waals surface area contributed by atoms with E-state index in [-0.39, 0.29) is 5.91 Å². The molecule has 0 aliphatic rings. The molecule has 0 aliphatic heterocycles. The van der Waals surface area contributed by atoms with Gasteiger partial charge in [0, 0.05) is 21.4 Å². The molecule has 2 aromatic carbocycles. The standard InChI is InChI=1S/C15H15BrN2O/c1-2-10-5-8-13(9-14(10)17)18-15(19)11-3-6-12(16)7-4-11/h3-9H,2,17H2,1H3,(H,18,19). The number of halogens is 1. The molecule has 0 radical (unpaired) electrons. The largest absolute Gasteiger partial charge is 0.398 e. The summed E-state index contributed by atoms with van der Waals surface area (Å²) in [7, 11) is 0. The number of carbonyl (C=O) groups excluding carboxylic acids is 1. The van der Waals surface area contributed by atoms with Gasteiger partial charge in [-0.3, -0.25) is 4.79 Å². The summed E-state index contributed by atoms with van der Waals surface area (Å²) in [5.74, 6) is -0.142. The molecule has 0 spiro atoms. The third-order valence-corrected chi connectivity index (χ3v) is 3.42. The number of nitrogens with one attached hydrogen (secondary N) is 1. The third-order valence-electron chi connectivity index (χ3n) is 2.89. The molecule has 0 aromatic heterocycles. The molecule has 0 bridgehead atoms. The first kappa shape index (κ1) is 13.6. The van der Waals surface area contributed by atoms with Crippen LogP contribution in [0.3, 0.4) is 0 Å². The first-order chi connectivity index (χ1) is 9.10. The Hall–Kier alpha value is -1.81. The number of benzene rings is 2. The Kier molecular flexibility index (Phi) is 4.22. The zero-order chi connectivity index (χ0) is 13.8. The van der Waals surface area contributed by atoms with Gasteiger partial charge in [0.25, 0.3) is 5.91 Å². The van der Waals surface area contributed by atoms with Crippen molar-refractivity contribution in [1.82, 2.24) is 0 Å². The summed E-state index contributed by atoms with van der Waals surface area (Å²) < 4.78 is 0.945. The molecule has 4 heteroatoms. The van der Waals surface area contributed by atoms with Crippen molar-refractivity contribution < 1.29 is 4.79 Å². The third kappa shape index (κ3) is 3.35. The Morgan fingerprint density at radius 2 is 1.89 bits per heavy atom. The molecule has 19 heavy (non-hydrogen) atoms. The minimum Gasteiger partial charge on any atom is -0.398 e. The van der Waals surface area contributed by atoms with Gasteiger partial charge in [0.05, 0.1) is 0 Å². The zero-order valence-electron chi connectivity index (χ0n) is 10.6. The average molecular weight is 319 g/mol. The summed E-state index contributed by atoms with van der Waals surface area (Å²) >= 11 is 3.34. The van der Waals surface area contributed by atoms with Crippen LogP contribution in [0.2, 0.25) is 0 Å². The summed E-state index contributed by atoms with van der Waals surface area (Å²) in [6.07, 6.45) is 0.882. The predicted octanol–water partition coefficient (Wildman–Crippen LogP) is 3.85. The van der Waals surface area contributed by atoms with Crippen molar-refractivity contribution in [3.63, 3.8) is 0 Å². The summed E-state index contributed by atoms with van der Waals surface area (Å²) in [5.41, 5.74) is 9.02. The normalized spacial score (nSPS) is 10.2. The van der Waals surface area contributed by atoms with Crippen LogP contribution in [0.15, 0.2) is 46.9 Å². The molecular formula is C15H15BrN2O. The monoisotopic (exact) mass is 318 g/mol. The summed E-state index contributed by atoms with van der Waals surface area (Å²) in [6.45, 7) is 2.05. The molecule has 0 unspecified atom stereocenters. The highest BCUT2D eigenvalue weighted by Gasteiger charge is 2.06. The lowest BCUT2D eigenvalue weighted by molar-refractivity contribution is 0.102. The molecule has 0 aliphatic carbocycles. The van der Waals surface area contributed by atoms with Crippen LogP contribution in [-0.4, -0.2) is 5.91 Å². The van der Waals surface area contributed by atoms with Crippen LogP contribution >= 0.6 is 15.9 Å². The minimum atomic E-state index is -0.142. The number of amides is 1. The number of carbonyl (C=O) groups is 1. The number of hydrogen-bond acceptors (Lipinski definition) is 2. The number of hydrogen-bond donors (Lipinski definition) is 2. The minimum absolute atomic E-state index is 0.142. The molecule has 0 heterocycles. The van der Waals surface area contributed by atoms with Crippen LogP contribution in [0.5, 0.6) is 0 Å². The average Bonchev–Trinajstić information content (AvgIpc) is 2.39. The van der Waals surface area contributed by atoms with E-state index in [4.69, 9.17) is 5.73 Å². The maximum atomic E-state index is 12.0. The lowest BCUT2D eigenvalue weighted by Crippen LogP contribution is -2.12. The number of aryl methyl sites for hydroxylation is 1. The van der Waals surface area contributed by atoms with E-state index in [2.05, 4.69) is 21.2 Å². The zero-order valence-corrected chi connectivity index (χ0v) is 12.2. The van der Waals surface area contributed by atoms with Crippen molar-refractivity contribution in [1.29, 1.82) is 0 Å². The van der Waals surface area contributed by atoms with E-state index in [1.54, 1.807) is 18.2 Å². The molecule has 3 N–H and O–H groups in total. The van der Waals surface area contributed by atoms with Gasteiger partial charge in [-0.2, -0.15) is 0 Å². The Labute approximate surface area is 121 Å². The fourth-order valence-corrected chi connectivity index (χ4v) is 2.06. The lowest BCUT2D eigenvalue weighted by atomic mass is 10.1. The number of anilines is 2. The van der Waals surface area contributed by atoms with Crippen LogP contribution in [0, 0.1) is 0 Å². The van der Waals surface area contributed by atoms with Crippen molar-refractivity contribution >= 4 is 33.2 Å². The molecule has 2 aromatic rings. The highest BCUT2D eigenvalue weighted by Crippen LogP contribution is 2.19. The van der Waals surface area contributed by atoms with Gasteiger partial charge in [0.1, 0.15) is 0 Å². The summed E-state index contributed by atoms with van der Waals surface area (Å²) in [6, 6.07) is 12.8. The van der Waals surface area contributed by atoms with Gasteiger partial charge in [-0.05, 0) is 48.4 Å².